The van der Waals surface area contributed by atoms with Crippen LogP contribution in [-0.2, 0) is 0 Å². The number of fused-ring (bicyclic) bond motifs is 1. The molecule has 2 aliphatic carbocycles. The van der Waals surface area contributed by atoms with Crippen LogP contribution in [0.4, 0.5) is 0 Å². The molecule has 1 nitrogen and oxygen atoms in total. The molecule has 2 fully saturated rings. The van der Waals surface area contributed by atoms with Gasteiger partial charge in [-0.1, -0.05) is 36.6 Å². The third-order valence-electron chi connectivity index (χ3n) is 4.72. The van der Waals surface area contributed by atoms with Crippen molar-refractivity contribution < 1.29 is 0 Å². The highest BCUT2D eigenvalue weighted by molar-refractivity contribution is 6.31. The molecule has 0 radical (unpaired) electrons. The van der Waals surface area contributed by atoms with E-state index >= 15 is 0 Å². The van der Waals surface area contributed by atoms with Crippen LogP contribution in [0.3, 0.4) is 0 Å². The molecular weight excluding hydrogens is 230 g/mol. The Balaban J connectivity index is 1.78. The van der Waals surface area contributed by atoms with Gasteiger partial charge in [0.2, 0.25) is 0 Å². The van der Waals surface area contributed by atoms with Gasteiger partial charge >= 0.3 is 0 Å². The van der Waals surface area contributed by atoms with Crippen molar-refractivity contribution in [3.8, 4) is 0 Å². The zero-order chi connectivity index (χ0) is 12.0. The van der Waals surface area contributed by atoms with Crippen LogP contribution >= 0.6 is 11.6 Å². The molecule has 0 aromatic heterocycles. The third kappa shape index (κ3) is 2.00. The van der Waals surface area contributed by atoms with Crippen molar-refractivity contribution in [1.29, 1.82) is 0 Å². The van der Waals surface area contributed by atoms with Gasteiger partial charge in [0, 0.05) is 11.1 Å². The number of rotatable bonds is 2. The van der Waals surface area contributed by atoms with Crippen LogP contribution in [0.2, 0.25) is 5.02 Å². The summed E-state index contributed by atoms with van der Waals surface area (Å²) in [7, 11) is 0. The van der Waals surface area contributed by atoms with Crippen LogP contribution in [0.5, 0.6) is 0 Å². The Labute approximate surface area is 108 Å². The molecule has 0 bridgehead atoms. The molecule has 3 unspecified atom stereocenters. The average Bonchev–Trinajstić information content (AvgIpc) is 3.06. The number of hydrogen-bond donors (Lipinski definition) is 1. The molecule has 0 spiro atoms. The molecule has 1 aromatic rings. The van der Waals surface area contributed by atoms with E-state index in [0.717, 1.165) is 28.3 Å². The van der Waals surface area contributed by atoms with E-state index in [1.165, 1.54) is 31.2 Å². The second kappa shape index (κ2) is 4.29. The minimum Gasteiger partial charge on any atom is -0.324 e. The van der Waals surface area contributed by atoms with Crippen LogP contribution in [-0.4, -0.2) is 0 Å². The number of halogens is 1. The predicted octanol–water partition coefficient (Wildman–Crippen LogP) is 4.08. The molecule has 0 saturated heterocycles. The molecule has 1 aromatic carbocycles. The normalized spacial score (nSPS) is 33.0. The molecule has 2 aliphatic rings. The van der Waals surface area contributed by atoms with Gasteiger partial charge in [-0.2, -0.15) is 0 Å². The van der Waals surface area contributed by atoms with E-state index in [1.807, 2.05) is 6.92 Å². The Hall–Kier alpha value is -0.530. The molecule has 2 saturated carbocycles. The second-order valence-electron chi connectivity index (χ2n) is 5.72. The van der Waals surface area contributed by atoms with Gasteiger partial charge in [0.25, 0.3) is 0 Å². The van der Waals surface area contributed by atoms with Gasteiger partial charge in [-0.05, 0) is 54.7 Å². The second-order valence-corrected chi connectivity index (χ2v) is 6.13. The molecule has 92 valence electrons. The summed E-state index contributed by atoms with van der Waals surface area (Å²) in [6, 6.07) is 6.49. The van der Waals surface area contributed by atoms with E-state index in [1.54, 1.807) is 0 Å². The van der Waals surface area contributed by atoms with Gasteiger partial charge in [-0.3, -0.25) is 0 Å². The summed E-state index contributed by atoms with van der Waals surface area (Å²) in [5.41, 5.74) is 8.78. The predicted molar refractivity (Wildman–Crippen MR) is 72.1 cm³/mol. The highest BCUT2D eigenvalue weighted by Gasteiger charge is 2.53. The highest BCUT2D eigenvalue weighted by atomic mass is 35.5. The third-order valence-corrected chi connectivity index (χ3v) is 5.13. The van der Waals surface area contributed by atoms with Crippen molar-refractivity contribution in [2.24, 2.45) is 23.5 Å². The van der Waals surface area contributed by atoms with Gasteiger partial charge in [-0.25, -0.2) is 0 Å². The van der Waals surface area contributed by atoms with Gasteiger partial charge in [0.05, 0.1) is 0 Å². The van der Waals surface area contributed by atoms with Gasteiger partial charge < -0.3 is 5.73 Å². The zero-order valence-corrected chi connectivity index (χ0v) is 11.1. The molecular formula is C15H20ClN. The number of nitrogens with two attached hydrogens (primary N) is 1. The summed E-state index contributed by atoms with van der Waals surface area (Å²) in [6.07, 6.45) is 5.59. The summed E-state index contributed by atoms with van der Waals surface area (Å²) in [5, 5.41) is 0.849. The lowest BCUT2D eigenvalue weighted by molar-refractivity contribution is 0.480. The first kappa shape index (κ1) is 11.6. The van der Waals surface area contributed by atoms with E-state index in [-0.39, 0.29) is 6.04 Å². The summed E-state index contributed by atoms with van der Waals surface area (Å²) >= 11 is 6.18. The largest absolute Gasteiger partial charge is 0.324 e. The summed E-state index contributed by atoms with van der Waals surface area (Å²) in [4.78, 5) is 0. The molecule has 0 amide bonds. The maximum Gasteiger partial charge on any atom is 0.0438 e. The lowest BCUT2D eigenvalue weighted by Crippen LogP contribution is -2.14. The van der Waals surface area contributed by atoms with Crippen molar-refractivity contribution in [2.45, 2.75) is 38.6 Å². The molecule has 0 aliphatic heterocycles. The van der Waals surface area contributed by atoms with Crippen LogP contribution < -0.4 is 5.73 Å². The van der Waals surface area contributed by atoms with Crippen molar-refractivity contribution in [3.05, 3.63) is 34.3 Å². The quantitative estimate of drug-likeness (QED) is 0.840. The summed E-state index contributed by atoms with van der Waals surface area (Å²) < 4.78 is 0. The van der Waals surface area contributed by atoms with Crippen molar-refractivity contribution >= 4 is 11.6 Å². The fourth-order valence-corrected chi connectivity index (χ4v) is 3.81. The first-order chi connectivity index (χ1) is 8.18. The van der Waals surface area contributed by atoms with E-state index in [4.69, 9.17) is 17.3 Å². The number of aryl methyl sites for hydroxylation is 1. The average molecular weight is 250 g/mol. The maximum absolute atomic E-state index is 6.42. The first-order valence-corrected chi connectivity index (χ1v) is 7.08. The van der Waals surface area contributed by atoms with Gasteiger partial charge in [0.15, 0.2) is 0 Å². The van der Waals surface area contributed by atoms with Crippen LogP contribution in [0.1, 0.15) is 42.9 Å². The smallest absolute Gasteiger partial charge is 0.0438 e. The first-order valence-electron chi connectivity index (χ1n) is 6.70. The van der Waals surface area contributed by atoms with Crippen LogP contribution in [0.15, 0.2) is 18.2 Å². The minimum absolute atomic E-state index is 0.196. The molecule has 0 heterocycles. The van der Waals surface area contributed by atoms with Crippen molar-refractivity contribution in [1.82, 2.24) is 0 Å². The van der Waals surface area contributed by atoms with Crippen LogP contribution in [0, 0.1) is 24.7 Å². The Morgan fingerprint density at radius 2 is 1.88 bits per heavy atom. The molecule has 17 heavy (non-hydrogen) atoms. The topological polar surface area (TPSA) is 26.0 Å². The molecule has 2 heteroatoms. The Morgan fingerprint density at radius 1 is 1.24 bits per heavy atom. The zero-order valence-electron chi connectivity index (χ0n) is 10.3. The summed E-state index contributed by atoms with van der Waals surface area (Å²) in [6.45, 7) is 2.04. The lowest BCUT2D eigenvalue weighted by atomic mass is 10.00. The van der Waals surface area contributed by atoms with E-state index in [0.29, 0.717) is 0 Å². The van der Waals surface area contributed by atoms with E-state index in [9.17, 15) is 0 Å². The monoisotopic (exact) mass is 249 g/mol. The number of hydrogen-bond acceptors (Lipinski definition) is 1. The molecule has 3 atom stereocenters. The summed E-state index contributed by atoms with van der Waals surface area (Å²) in [5.74, 6) is 2.52. The SMILES string of the molecule is Cc1ccc(C(N)C2C3CCCCC32)cc1Cl. The Kier molecular flexibility index (Phi) is 2.92. The van der Waals surface area contributed by atoms with Crippen LogP contribution in [0.25, 0.3) is 0 Å². The highest BCUT2D eigenvalue weighted by Crippen LogP contribution is 2.59. The van der Waals surface area contributed by atoms with E-state index < -0.39 is 0 Å². The van der Waals surface area contributed by atoms with Crippen molar-refractivity contribution in [3.63, 3.8) is 0 Å². The van der Waals surface area contributed by atoms with Gasteiger partial charge in [0.1, 0.15) is 0 Å². The van der Waals surface area contributed by atoms with E-state index in [2.05, 4.69) is 18.2 Å². The molecule has 2 N–H and O–H groups in total. The van der Waals surface area contributed by atoms with Gasteiger partial charge in [-0.15, -0.1) is 0 Å². The Bertz CT molecular complexity index is 417. The Morgan fingerprint density at radius 3 is 2.47 bits per heavy atom. The lowest BCUT2D eigenvalue weighted by Gasteiger charge is -2.13. The standard InChI is InChI=1S/C15H20ClN/c1-9-6-7-10(8-13(9)16)15(17)14-11-4-2-3-5-12(11)14/h6-8,11-12,14-15H,2-5,17H2,1H3. The maximum atomic E-state index is 6.42. The minimum atomic E-state index is 0.196. The fraction of sp³-hybridized carbons (Fsp3) is 0.600. The van der Waals surface area contributed by atoms with Crippen molar-refractivity contribution in [2.75, 3.05) is 0 Å². The number of benzene rings is 1. The molecule has 3 rings (SSSR count). The fourth-order valence-electron chi connectivity index (χ4n) is 3.62.